The van der Waals surface area contributed by atoms with E-state index in [0.717, 1.165) is 50.9 Å². The van der Waals surface area contributed by atoms with Crippen LogP contribution in [0.4, 0.5) is 4.39 Å². The molecule has 2 aliphatic rings. The molecular weight excluding hydrogens is 367 g/mol. The van der Waals surface area contributed by atoms with Crippen molar-refractivity contribution in [1.82, 2.24) is 10.2 Å². The maximum absolute atomic E-state index is 13.4. The third-order valence-electron chi connectivity index (χ3n) is 6.12. The van der Waals surface area contributed by atoms with E-state index in [1.165, 1.54) is 17.7 Å². The van der Waals surface area contributed by atoms with Gasteiger partial charge in [-0.1, -0.05) is 55.3 Å². The van der Waals surface area contributed by atoms with Crippen LogP contribution in [0.25, 0.3) is 0 Å². The number of halogens is 1. The van der Waals surface area contributed by atoms with E-state index >= 15 is 0 Å². The molecule has 1 atom stereocenters. The van der Waals surface area contributed by atoms with Crippen molar-refractivity contribution >= 4 is 5.91 Å². The van der Waals surface area contributed by atoms with Gasteiger partial charge in [0.15, 0.2) is 0 Å². The number of carbonyl (C=O) groups excluding carboxylic acids is 1. The van der Waals surface area contributed by atoms with Gasteiger partial charge >= 0.3 is 0 Å². The Balaban J connectivity index is 1.36. The Kier molecular flexibility index (Phi) is 6.26. The van der Waals surface area contributed by atoms with Gasteiger partial charge in [-0.15, -0.1) is 0 Å². The third kappa shape index (κ3) is 5.03. The summed E-state index contributed by atoms with van der Waals surface area (Å²) in [5, 5.41) is 3.28. The smallest absolute Gasteiger partial charge is 0.223 e. The summed E-state index contributed by atoms with van der Waals surface area (Å²) in [7, 11) is 0. The quantitative estimate of drug-likeness (QED) is 0.802. The average Bonchev–Trinajstić information content (AvgIpc) is 3.19. The predicted octanol–water partition coefficient (Wildman–Crippen LogP) is 4.00. The Morgan fingerprint density at radius 1 is 1.10 bits per heavy atom. The summed E-state index contributed by atoms with van der Waals surface area (Å²) < 4.78 is 19.2. The first-order chi connectivity index (χ1) is 14.1. The van der Waals surface area contributed by atoms with Crippen molar-refractivity contribution in [3.8, 4) is 0 Å². The minimum Gasteiger partial charge on any atom is -0.375 e. The zero-order chi connectivity index (χ0) is 20.1. The largest absolute Gasteiger partial charge is 0.375 e. The second-order valence-electron chi connectivity index (χ2n) is 8.26. The molecule has 1 saturated carbocycles. The van der Waals surface area contributed by atoms with E-state index in [1.807, 2.05) is 6.07 Å². The maximum Gasteiger partial charge on any atom is 0.223 e. The van der Waals surface area contributed by atoms with E-state index in [2.05, 4.69) is 34.5 Å². The summed E-state index contributed by atoms with van der Waals surface area (Å²) in [4.78, 5) is 15.2. The van der Waals surface area contributed by atoms with Crippen molar-refractivity contribution in [1.29, 1.82) is 0 Å². The minimum absolute atomic E-state index is 0.0165. The van der Waals surface area contributed by atoms with E-state index < -0.39 is 0 Å². The van der Waals surface area contributed by atoms with Gasteiger partial charge in [0.25, 0.3) is 0 Å². The highest BCUT2D eigenvalue weighted by Gasteiger charge is 2.37. The number of benzene rings is 2. The average molecular weight is 397 g/mol. The lowest BCUT2D eigenvalue weighted by atomic mass is 9.88. The first-order valence-electron chi connectivity index (χ1n) is 10.6. The molecule has 1 aliphatic carbocycles. The molecule has 5 heteroatoms. The normalized spacial score (nSPS) is 21.8. The summed E-state index contributed by atoms with van der Waals surface area (Å²) in [6.07, 6.45) is 4.20. The zero-order valence-corrected chi connectivity index (χ0v) is 16.8. The Labute approximate surface area is 172 Å². The van der Waals surface area contributed by atoms with Crippen LogP contribution in [0.1, 0.15) is 43.2 Å². The van der Waals surface area contributed by atoms with Crippen LogP contribution in [0.3, 0.4) is 0 Å². The second-order valence-corrected chi connectivity index (χ2v) is 8.26. The molecule has 4 rings (SSSR count). The molecule has 0 aromatic heterocycles. The molecule has 2 aromatic rings. The lowest BCUT2D eigenvalue weighted by molar-refractivity contribution is -0.128. The van der Waals surface area contributed by atoms with Gasteiger partial charge in [-0.05, 0) is 36.1 Å². The minimum atomic E-state index is -0.372. The van der Waals surface area contributed by atoms with Crippen molar-refractivity contribution in [3.05, 3.63) is 71.5 Å². The van der Waals surface area contributed by atoms with Crippen LogP contribution in [0.15, 0.2) is 54.6 Å². The van der Waals surface area contributed by atoms with Crippen LogP contribution in [0.2, 0.25) is 0 Å². The molecule has 4 nitrogen and oxygen atoms in total. The van der Waals surface area contributed by atoms with Gasteiger partial charge in [-0.3, -0.25) is 9.69 Å². The SMILES string of the molecule is O=C(CC1CN(Cc2ccccc2)CCO1)NC1(c2ccc(F)cc2)CCCC1. The van der Waals surface area contributed by atoms with Crippen LogP contribution < -0.4 is 5.32 Å². The number of hydrogen-bond acceptors (Lipinski definition) is 3. The Morgan fingerprint density at radius 3 is 2.55 bits per heavy atom. The predicted molar refractivity (Wildman–Crippen MR) is 111 cm³/mol. The maximum atomic E-state index is 13.4. The number of rotatable bonds is 6. The molecule has 2 fully saturated rings. The van der Waals surface area contributed by atoms with Crippen LogP contribution in [-0.4, -0.2) is 36.6 Å². The van der Waals surface area contributed by atoms with Crippen LogP contribution in [0, 0.1) is 5.82 Å². The fraction of sp³-hybridized carbons (Fsp3) is 0.458. The number of nitrogens with zero attached hydrogens (tertiary/aromatic N) is 1. The highest BCUT2D eigenvalue weighted by molar-refractivity contribution is 5.77. The second kappa shape index (κ2) is 9.06. The van der Waals surface area contributed by atoms with Crippen LogP contribution >= 0.6 is 0 Å². The molecule has 1 amide bonds. The van der Waals surface area contributed by atoms with Crippen LogP contribution in [-0.2, 0) is 21.6 Å². The van der Waals surface area contributed by atoms with Crippen molar-refractivity contribution in [2.24, 2.45) is 0 Å². The molecule has 2 aromatic carbocycles. The molecule has 154 valence electrons. The molecule has 29 heavy (non-hydrogen) atoms. The molecule has 1 N–H and O–H groups in total. The summed E-state index contributed by atoms with van der Waals surface area (Å²) in [6, 6.07) is 17.0. The number of morpholine rings is 1. The van der Waals surface area contributed by atoms with E-state index in [4.69, 9.17) is 4.74 Å². The number of nitrogens with one attached hydrogen (secondary N) is 1. The van der Waals surface area contributed by atoms with E-state index in [1.54, 1.807) is 12.1 Å². The summed E-state index contributed by atoms with van der Waals surface area (Å²) in [6.45, 7) is 3.16. The van der Waals surface area contributed by atoms with Gasteiger partial charge in [0.1, 0.15) is 5.82 Å². The summed E-state index contributed by atoms with van der Waals surface area (Å²) in [5.41, 5.74) is 1.90. The topological polar surface area (TPSA) is 41.6 Å². The fourth-order valence-electron chi connectivity index (χ4n) is 4.65. The van der Waals surface area contributed by atoms with Gasteiger partial charge < -0.3 is 10.1 Å². The highest BCUT2D eigenvalue weighted by Crippen LogP contribution is 2.39. The molecule has 1 saturated heterocycles. The van der Waals surface area contributed by atoms with Gasteiger partial charge in [-0.2, -0.15) is 0 Å². The van der Waals surface area contributed by atoms with E-state index in [0.29, 0.717) is 13.0 Å². The third-order valence-corrected chi connectivity index (χ3v) is 6.12. The molecule has 1 heterocycles. The number of carbonyl (C=O) groups is 1. The van der Waals surface area contributed by atoms with Gasteiger partial charge in [0.2, 0.25) is 5.91 Å². The van der Waals surface area contributed by atoms with E-state index in [-0.39, 0.29) is 23.4 Å². The Bertz CT molecular complexity index is 803. The van der Waals surface area contributed by atoms with E-state index in [9.17, 15) is 9.18 Å². The van der Waals surface area contributed by atoms with Gasteiger partial charge in [-0.25, -0.2) is 4.39 Å². The molecule has 0 bridgehead atoms. The fourth-order valence-corrected chi connectivity index (χ4v) is 4.65. The Hall–Kier alpha value is -2.24. The van der Waals surface area contributed by atoms with Gasteiger partial charge in [0, 0.05) is 19.6 Å². The number of hydrogen-bond donors (Lipinski definition) is 1. The molecule has 0 spiro atoms. The standard InChI is InChI=1S/C24H29FN2O2/c25-21-10-8-20(9-11-21)24(12-4-5-13-24)26-23(28)16-22-18-27(14-15-29-22)17-19-6-2-1-3-7-19/h1-3,6-11,22H,4-5,12-18H2,(H,26,28). The zero-order valence-electron chi connectivity index (χ0n) is 16.8. The van der Waals surface area contributed by atoms with Crippen molar-refractivity contribution < 1.29 is 13.9 Å². The Morgan fingerprint density at radius 2 is 1.83 bits per heavy atom. The van der Waals surface area contributed by atoms with Crippen molar-refractivity contribution in [2.45, 2.75) is 50.3 Å². The van der Waals surface area contributed by atoms with Crippen LogP contribution in [0.5, 0.6) is 0 Å². The molecule has 1 unspecified atom stereocenters. The molecule has 1 aliphatic heterocycles. The first kappa shape index (κ1) is 20.0. The lowest BCUT2D eigenvalue weighted by Crippen LogP contribution is -2.48. The monoisotopic (exact) mass is 396 g/mol. The number of ether oxygens (including phenoxy) is 1. The number of amides is 1. The van der Waals surface area contributed by atoms with Crippen molar-refractivity contribution in [3.63, 3.8) is 0 Å². The summed E-state index contributed by atoms with van der Waals surface area (Å²) >= 11 is 0. The lowest BCUT2D eigenvalue weighted by Gasteiger charge is -2.35. The summed E-state index contributed by atoms with van der Waals surface area (Å²) in [5.74, 6) is -0.231. The van der Waals surface area contributed by atoms with Crippen molar-refractivity contribution in [2.75, 3.05) is 19.7 Å². The highest BCUT2D eigenvalue weighted by atomic mass is 19.1. The first-order valence-corrected chi connectivity index (χ1v) is 10.6. The molecule has 0 radical (unpaired) electrons. The van der Waals surface area contributed by atoms with Gasteiger partial charge in [0.05, 0.1) is 24.7 Å². The molecular formula is C24H29FN2O2.